The maximum atomic E-state index is 12.6. The Labute approximate surface area is 177 Å². The molecule has 0 atom stereocenters. The molecule has 160 valence electrons. The van der Waals surface area contributed by atoms with Crippen LogP contribution in [0.15, 0.2) is 29.2 Å². The molecule has 1 aliphatic rings. The highest BCUT2D eigenvalue weighted by molar-refractivity contribution is 7.90. The van der Waals surface area contributed by atoms with E-state index in [1.165, 1.54) is 40.5 Å². The number of benzene rings is 1. The summed E-state index contributed by atoms with van der Waals surface area (Å²) in [5.74, 6) is -1.17. The van der Waals surface area contributed by atoms with Gasteiger partial charge in [-0.1, -0.05) is 0 Å². The van der Waals surface area contributed by atoms with E-state index in [-0.39, 0.29) is 29.2 Å². The van der Waals surface area contributed by atoms with Crippen molar-refractivity contribution in [3.63, 3.8) is 0 Å². The number of thiophene rings is 1. The number of hydrogen-bond donors (Lipinski definition) is 2. The van der Waals surface area contributed by atoms with Crippen molar-refractivity contribution in [1.82, 2.24) is 4.90 Å². The fourth-order valence-electron chi connectivity index (χ4n) is 3.15. The molecule has 30 heavy (non-hydrogen) atoms. The van der Waals surface area contributed by atoms with Gasteiger partial charge in [-0.25, -0.2) is 13.2 Å². The summed E-state index contributed by atoms with van der Waals surface area (Å²) >= 11 is 1.18. The van der Waals surface area contributed by atoms with Crippen molar-refractivity contribution < 1.29 is 27.5 Å². The van der Waals surface area contributed by atoms with E-state index in [9.17, 15) is 22.8 Å². The summed E-state index contributed by atoms with van der Waals surface area (Å²) in [4.78, 5) is 39.1. The molecule has 0 fully saturated rings. The smallest absolute Gasteiger partial charge is 0.410 e. The van der Waals surface area contributed by atoms with Gasteiger partial charge in [-0.05, 0) is 43.2 Å². The molecule has 1 aromatic heterocycles. The minimum atomic E-state index is -3.37. The molecule has 3 rings (SSSR count). The Balaban J connectivity index is 1.85. The first-order valence-corrected chi connectivity index (χ1v) is 11.8. The van der Waals surface area contributed by atoms with Gasteiger partial charge >= 0.3 is 6.09 Å². The first kappa shape index (κ1) is 21.8. The fourth-order valence-corrected chi connectivity index (χ4v) is 5.05. The van der Waals surface area contributed by atoms with Crippen LogP contribution in [-0.2, 0) is 27.5 Å². The third kappa shape index (κ3) is 4.46. The van der Waals surface area contributed by atoms with Crippen molar-refractivity contribution >= 4 is 44.1 Å². The molecular formula is C19H21N3O6S2. The average Bonchev–Trinajstić information content (AvgIpc) is 3.04. The summed E-state index contributed by atoms with van der Waals surface area (Å²) in [6, 6.07) is 5.48. The molecule has 2 aromatic rings. The Kier molecular flexibility index (Phi) is 6.13. The van der Waals surface area contributed by atoms with Crippen LogP contribution in [0, 0.1) is 0 Å². The summed E-state index contributed by atoms with van der Waals surface area (Å²) in [5.41, 5.74) is 6.74. The summed E-state index contributed by atoms with van der Waals surface area (Å²) in [6.45, 7) is 2.62. The summed E-state index contributed by atoms with van der Waals surface area (Å²) in [6.07, 6.45) is 1.06. The van der Waals surface area contributed by atoms with E-state index in [0.29, 0.717) is 18.0 Å². The maximum absolute atomic E-state index is 12.6. The number of sulfone groups is 1. The van der Waals surface area contributed by atoms with Gasteiger partial charge in [0.05, 0.1) is 23.6 Å². The van der Waals surface area contributed by atoms with Crippen LogP contribution in [-0.4, -0.2) is 50.6 Å². The van der Waals surface area contributed by atoms with Crippen molar-refractivity contribution in [2.75, 3.05) is 24.7 Å². The number of rotatable bonds is 5. The van der Waals surface area contributed by atoms with Crippen LogP contribution in [0.25, 0.3) is 0 Å². The lowest BCUT2D eigenvalue weighted by Crippen LogP contribution is -2.36. The number of primary amides is 1. The van der Waals surface area contributed by atoms with Gasteiger partial charge in [0.15, 0.2) is 9.84 Å². The molecule has 11 heteroatoms. The zero-order chi connectivity index (χ0) is 22.1. The van der Waals surface area contributed by atoms with Gasteiger partial charge in [0.2, 0.25) is 0 Å². The lowest BCUT2D eigenvalue weighted by Gasteiger charge is -2.26. The number of hydrogen-bond acceptors (Lipinski definition) is 7. The molecule has 0 unspecified atom stereocenters. The second kappa shape index (κ2) is 8.44. The van der Waals surface area contributed by atoms with E-state index in [1.807, 2.05) is 0 Å². The molecule has 1 aliphatic heterocycles. The van der Waals surface area contributed by atoms with E-state index in [4.69, 9.17) is 10.5 Å². The Morgan fingerprint density at radius 2 is 1.90 bits per heavy atom. The van der Waals surface area contributed by atoms with Crippen LogP contribution in [0.1, 0.15) is 38.1 Å². The monoisotopic (exact) mass is 451 g/mol. The van der Waals surface area contributed by atoms with E-state index in [1.54, 1.807) is 6.92 Å². The van der Waals surface area contributed by atoms with Crippen molar-refractivity contribution in [1.29, 1.82) is 0 Å². The molecule has 0 saturated heterocycles. The second-order valence-corrected chi connectivity index (χ2v) is 9.81. The van der Waals surface area contributed by atoms with Gasteiger partial charge in [0.25, 0.3) is 11.8 Å². The Morgan fingerprint density at radius 3 is 2.47 bits per heavy atom. The molecule has 0 radical (unpaired) electrons. The molecule has 9 nitrogen and oxygen atoms in total. The van der Waals surface area contributed by atoms with Crippen molar-refractivity contribution in [3.8, 4) is 0 Å². The van der Waals surface area contributed by atoms with Gasteiger partial charge < -0.3 is 20.7 Å². The molecule has 3 amide bonds. The Morgan fingerprint density at radius 1 is 1.23 bits per heavy atom. The zero-order valence-electron chi connectivity index (χ0n) is 16.4. The number of carbonyl (C=O) groups excluding carboxylic acids is 3. The number of anilines is 1. The minimum Gasteiger partial charge on any atom is -0.450 e. The van der Waals surface area contributed by atoms with Crippen molar-refractivity contribution in [3.05, 3.63) is 45.8 Å². The highest BCUT2D eigenvalue weighted by Gasteiger charge is 2.30. The van der Waals surface area contributed by atoms with Crippen LogP contribution < -0.4 is 11.1 Å². The number of fused-ring (bicyclic) bond motifs is 1. The topological polar surface area (TPSA) is 136 Å². The SMILES string of the molecule is CCOC(=O)N1CCc2c(sc(NC(=O)c3ccc(S(C)(=O)=O)cc3)c2C(N)=O)C1. The average molecular weight is 452 g/mol. The predicted octanol–water partition coefficient (Wildman–Crippen LogP) is 2.02. The minimum absolute atomic E-state index is 0.0996. The highest BCUT2D eigenvalue weighted by Crippen LogP contribution is 2.37. The molecule has 0 aliphatic carbocycles. The molecule has 0 spiro atoms. The summed E-state index contributed by atoms with van der Waals surface area (Å²) in [7, 11) is -3.37. The third-order valence-corrected chi connectivity index (χ3v) is 6.86. The number of nitrogens with two attached hydrogens (primary N) is 1. The zero-order valence-corrected chi connectivity index (χ0v) is 18.1. The highest BCUT2D eigenvalue weighted by atomic mass is 32.2. The Bertz CT molecular complexity index is 1110. The molecule has 2 heterocycles. The molecule has 0 saturated carbocycles. The number of nitrogens with one attached hydrogen (secondary N) is 1. The van der Waals surface area contributed by atoms with E-state index >= 15 is 0 Å². The van der Waals surface area contributed by atoms with Crippen LogP contribution in [0.5, 0.6) is 0 Å². The van der Waals surface area contributed by atoms with Crippen molar-refractivity contribution in [2.45, 2.75) is 24.8 Å². The predicted molar refractivity (Wildman–Crippen MR) is 111 cm³/mol. The maximum Gasteiger partial charge on any atom is 0.410 e. The number of nitrogens with zero attached hydrogens (tertiary/aromatic N) is 1. The van der Waals surface area contributed by atoms with Gasteiger partial charge in [-0.3, -0.25) is 9.59 Å². The van der Waals surface area contributed by atoms with E-state index in [0.717, 1.165) is 16.7 Å². The first-order valence-electron chi connectivity index (χ1n) is 9.09. The largest absolute Gasteiger partial charge is 0.450 e. The summed E-state index contributed by atoms with van der Waals surface area (Å²) < 4.78 is 28.2. The first-order chi connectivity index (χ1) is 14.1. The van der Waals surface area contributed by atoms with Crippen LogP contribution in [0.4, 0.5) is 9.80 Å². The van der Waals surface area contributed by atoms with Crippen LogP contribution in [0.2, 0.25) is 0 Å². The number of ether oxygens (including phenoxy) is 1. The number of carbonyl (C=O) groups is 3. The normalized spacial score (nSPS) is 13.5. The fraction of sp³-hybridized carbons (Fsp3) is 0.316. The summed E-state index contributed by atoms with van der Waals surface area (Å²) in [5, 5.41) is 2.99. The van der Waals surface area contributed by atoms with Crippen molar-refractivity contribution in [2.24, 2.45) is 5.73 Å². The third-order valence-electron chi connectivity index (χ3n) is 4.60. The van der Waals surface area contributed by atoms with E-state index in [2.05, 4.69) is 5.32 Å². The van der Waals surface area contributed by atoms with Crippen LogP contribution >= 0.6 is 11.3 Å². The van der Waals surface area contributed by atoms with Crippen LogP contribution in [0.3, 0.4) is 0 Å². The molecule has 0 bridgehead atoms. The van der Waals surface area contributed by atoms with Gasteiger partial charge in [0, 0.05) is 23.2 Å². The molecule has 3 N–H and O–H groups in total. The molecule has 1 aromatic carbocycles. The van der Waals surface area contributed by atoms with Gasteiger partial charge in [-0.15, -0.1) is 11.3 Å². The second-order valence-electron chi connectivity index (χ2n) is 6.69. The number of amides is 3. The quantitative estimate of drug-likeness (QED) is 0.714. The van der Waals surface area contributed by atoms with Gasteiger partial charge in [-0.2, -0.15) is 0 Å². The van der Waals surface area contributed by atoms with Gasteiger partial charge in [0.1, 0.15) is 5.00 Å². The lowest BCUT2D eigenvalue weighted by molar-refractivity contribution is 0.0997. The standard InChI is InChI=1S/C19H21N3O6S2/c1-3-28-19(25)22-9-8-13-14(10-22)29-18(15(13)16(20)23)21-17(24)11-4-6-12(7-5-11)30(2,26)27/h4-7H,3,8-10H2,1-2H3,(H2,20,23)(H,21,24). The lowest BCUT2D eigenvalue weighted by atomic mass is 10.0. The molecular weight excluding hydrogens is 430 g/mol. The van der Waals surface area contributed by atoms with E-state index < -0.39 is 27.7 Å². The Hall–Kier alpha value is -2.92.